The molecule has 0 N–H and O–H groups in total. The molecule has 0 aliphatic heterocycles. The molecule has 4 heterocycles. The number of furan rings is 1. The molecule has 63 heavy (non-hydrogen) atoms. The highest BCUT2D eigenvalue weighted by atomic mass is 16.3. The van der Waals surface area contributed by atoms with Crippen LogP contribution in [0.3, 0.4) is 0 Å². The van der Waals surface area contributed by atoms with E-state index in [1.165, 1.54) is 54.5 Å². The highest BCUT2D eigenvalue weighted by Gasteiger charge is 2.38. The molecule has 0 atom stereocenters. The summed E-state index contributed by atoms with van der Waals surface area (Å²) in [5.41, 5.74) is 14.7. The van der Waals surface area contributed by atoms with Crippen LogP contribution < -0.4 is 0 Å². The SMILES string of the molecule is CC1(C)CCC(C)(C)c2cc3c(cc21)c1c2c4c5ccccc5ccc4n(-c4ccccc4)c2ccc1n3-c1nc(-c2ccccc2-c2ccccc2)c2oc3ccccc3c2n1. The number of benzene rings is 8. The van der Waals surface area contributed by atoms with Gasteiger partial charge in [0.05, 0.1) is 22.1 Å². The number of aromatic nitrogens is 4. The Hall–Kier alpha value is -7.50. The molecule has 0 saturated carbocycles. The second-order valence-corrected chi connectivity index (χ2v) is 18.8. The van der Waals surface area contributed by atoms with Crippen molar-refractivity contribution in [1.29, 1.82) is 0 Å². The van der Waals surface area contributed by atoms with Crippen LogP contribution in [0.4, 0.5) is 0 Å². The molecule has 1 aliphatic rings. The zero-order valence-corrected chi connectivity index (χ0v) is 35.8. The Morgan fingerprint density at radius 2 is 1.06 bits per heavy atom. The molecule has 4 aromatic heterocycles. The molecule has 0 unspecified atom stereocenters. The molecule has 0 spiro atoms. The van der Waals surface area contributed by atoms with E-state index in [-0.39, 0.29) is 10.8 Å². The number of fused-ring (bicyclic) bond motifs is 13. The molecular weight excluding hydrogens is 769 g/mol. The summed E-state index contributed by atoms with van der Waals surface area (Å²) >= 11 is 0. The fourth-order valence-corrected chi connectivity index (χ4v) is 10.9. The van der Waals surface area contributed by atoms with E-state index in [4.69, 9.17) is 14.4 Å². The van der Waals surface area contributed by atoms with Crippen molar-refractivity contribution in [3.05, 3.63) is 181 Å². The molecule has 1 aliphatic carbocycles. The maximum absolute atomic E-state index is 6.76. The Morgan fingerprint density at radius 1 is 0.476 bits per heavy atom. The molecule has 5 nitrogen and oxygen atoms in total. The maximum Gasteiger partial charge on any atom is 0.236 e. The first-order chi connectivity index (χ1) is 30.7. The van der Waals surface area contributed by atoms with Crippen LogP contribution in [0, 0.1) is 0 Å². The normalized spacial score (nSPS) is 14.8. The van der Waals surface area contributed by atoms with Crippen LogP contribution in [0.15, 0.2) is 174 Å². The van der Waals surface area contributed by atoms with E-state index in [1.807, 2.05) is 12.1 Å². The fourth-order valence-electron chi connectivity index (χ4n) is 10.9. The van der Waals surface area contributed by atoms with Crippen LogP contribution >= 0.6 is 0 Å². The lowest BCUT2D eigenvalue weighted by Crippen LogP contribution is -2.33. The Balaban J connectivity index is 1.24. The molecule has 13 rings (SSSR count). The predicted molar refractivity (Wildman–Crippen MR) is 262 cm³/mol. The van der Waals surface area contributed by atoms with Crippen molar-refractivity contribution >= 4 is 76.5 Å². The predicted octanol–water partition coefficient (Wildman–Crippen LogP) is 15.4. The number of rotatable bonds is 4. The lowest BCUT2D eigenvalue weighted by Gasteiger charge is -2.42. The monoisotopic (exact) mass is 812 g/mol. The van der Waals surface area contributed by atoms with Crippen LogP contribution in [0.2, 0.25) is 0 Å². The van der Waals surface area contributed by atoms with Gasteiger partial charge in [0.1, 0.15) is 16.8 Å². The standard InChI is InChI=1S/C58H44N4O/c1-57(2)31-32-58(3,4)44-34-48-42(33-43(44)57)51-46(29-30-47-52(51)50-39-23-12-11-19-36(39)27-28-45(50)61(47)37-20-9-6-10-21-37)62(48)56-59-53(55-54(60-56)41-25-15-16-26-49(41)63-55)40-24-14-13-22-38(40)35-17-7-5-8-18-35/h5-30,33-34H,31-32H2,1-4H3. The van der Waals surface area contributed by atoms with Gasteiger partial charge in [-0.3, -0.25) is 4.57 Å². The quantitative estimate of drug-likeness (QED) is 0.178. The summed E-state index contributed by atoms with van der Waals surface area (Å²) in [6.07, 6.45) is 2.24. The van der Waals surface area contributed by atoms with Crippen molar-refractivity contribution in [2.45, 2.75) is 51.4 Å². The smallest absolute Gasteiger partial charge is 0.236 e. The zero-order valence-electron chi connectivity index (χ0n) is 35.8. The zero-order chi connectivity index (χ0) is 42.2. The summed E-state index contributed by atoms with van der Waals surface area (Å²) in [5, 5.41) is 8.35. The summed E-state index contributed by atoms with van der Waals surface area (Å²) in [6, 6.07) is 61.2. The fraction of sp³-hybridized carbons (Fsp3) is 0.138. The highest BCUT2D eigenvalue weighted by molar-refractivity contribution is 6.33. The molecule has 302 valence electrons. The van der Waals surface area contributed by atoms with Gasteiger partial charge in [-0.15, -0.1) is 0 Å². The highest BCUT2D eigenvalue weighted by Crippen LogP contribution is 2.51. The van der Waals surface area contributed by atoms with E-state index in [0.717, 1.165) is 68.4 Å². The number of hydrogen-bond acceptors (Lipinski definition) is 3. The summed E-state index contributed by atoms with van der Waals surface area (Å²) in [4.78, 5) is 11.2. The molecule has 0 saturated heterocycles. The van der Waals surface area contributed by atoms with Gasteiger partial charge in [-0.2, -0.15) is 0 Å². The first-order valence-electron chi connectivity index (χ1n) is 22.1. The summed E-state index contributed by atoms with van der Waals surface area (Å²) in [7, 11) is 0. The molecule has 12 aromatic rings. The Labute approximate surface area is 364 Å². The molecule has 0 radical (unpaired) electrons. The van der Waals surface area contributed by atoms with Gasteiger partial charge in [-0.25, -0.2) is 9.97 Å². The Morgan fingerprint density at radius 3 is 1.84 bits per heavy atom. The lowest BCUT2D eigenvalue weighted by atomic mass is 9.63. The third-order valence-corrected chi connectivity index (χ3v) is 14.2. The van der Waals surface area contributed by atoms with E-state index in [1.54, 1.807) is 0 Å². The number of nitrogens with zero attached hydrogens (tertiary/aromatic N) is 4. The van der Waals surface area contributed by atoms with Gasteiger partial charge >= 0.3 is 0 Å². The molecule has 0 fully saturated rings. The largest absolute Gasteiger partial charge is 0.452 e. The summed E-state index contributed by atoms with van der Waals surface area (Å²) in [6.45, 7) is 9.68. The first kappa shape index (κ1) is 36.2. The third-order valence-electron chi connectivity index (χ3n) is 14.2. The van der Waals surface area contributed by atoms with Crippen LogP contribution in [0.25, 0.3) is 110 Å². The minimum Gasteiger partial charge on any atom is -0.452 e. The van der Waals surface area contributed by atoms with E-state index in [9.17, 15) is 0 Å². The van der Waals surface area contributed by atoms with Crippen molar-refractivity contribution in [1.82, 2.24) is 19.1 Å². The van der Waals surface area contributed by atoms with E-state index >= 15 is 0 Å². The van der Waals surface area contributed by atoms with Gasteiger partial charge in [0.2, 0.25) is 5.95 Å². The van der Waals surface area contributed by atoms with Gasteiger partial charge in [0.15, 0.2) is 5.58 Å². The third kappa shape index (κ3) is 5.17. The molecule has 5 heteroatoms. The van der Waals surface area contributed by atoms with Crippen molar-refractivity contribution < 1.29 is 4.42 Å². The van der Waals surface area contributed by atoms with Gasteiger partial charge < -0.3 is 8.98 Å². The van der Waals surface area contributed by atoms with Crippen molar-refractivity contribution in [2.75, 3.05) is 0 Å². The van der Waals surface area contributed by atoms with E-state index < -0.39 is 0 Å². The number of hydrogen-bond donors (Lipinski definition) is 0. The van der Waals surface area contributed by atoms with Crippen molar-refractivity contribution in [2.24, 2.45) is 0 Å². The topological polar surface area (TPSA) is 48.8 Å². The lowest BCUT2D eigenvalue weighted by molar-refractivity contribution is 0.332. The molecule has 8 aromatic carbocycles. The second-order valence-electron chi connectivity index (χ2n) is 18.8. The maximum atomic E-state index is 6.76. The van der Waals surface area contributed by atoms with E-state index in [0.29, 0.717) is 11.5 Å². The van der Waals surface area contributed by atoms with Crippen LogP contribution in [0.5, 0.6) is 0 Å². The van der Waals surface area contributed by atoms with Gasteiger partial charge in [0.25, 0.3) is 0 Å². The number of para-hydroxylation sites is 2. The Kier molecular flexibility index (Phi) is 7.47. The van der Waals surface area contributed by atoms with E-state index in [2.05, 4.69) is 195 Å². The van der Waals surface area contributed by atoms with Gasteiger partial charge in [-0.05, 0) is 111 Å². The summed E-state index contributed by atoms with van der Waals surface area (Å²) in [5.74, 6) is 0.621. The first-order valence-corrected chi connectivity index (χ1v) is 22.1. The average molecular weight is 813 g/mol. The van der Waals surface area contributed by atoms with Crippen molar-refractivity contribution in [3.63, 3.8) is 0 Å². The Bertz CT molecular complexity index is 3850. The molecular formula is C58H44N4O. The minimum atomic E-state index is -0.0134. The summed E-state index contributed by atoms with van der Waals surface area (Å²) < 4.78 is 11.6. The van der Waals surface area contributed by atoms with Gasteiger partial charge in [0, 0.05) is 38.2 Å². The average Bonchev–Trinajstić information content (AvgIpc) is 3.98. The molecule has 0 bridgehead atoms. The van der Waals surface area contributed by atoms with Gasteiger partial charge in [-0.1, -0.05) is 143 Å². The molecule has 0 amide bonds. The minimum absolute atomic E-state index is 0.00549. The van der Waals surface area contributed by atoms with Crippen LogP contribution in [0.1, 0.15) is 51.7 Å². The van der Waals surface area contributed by atoms with Crippen molar-refractivity contribution in [3.8, 4) is 34.0 Å². The second kappa shape index (κ2) is 13.0. The van der Waals surface area contributed by atoms with Crippen LogP contribution in [-0.2, 0) is 10.8 Å². The van der Waals surface area contributed by atoms with Crippen LogP contribution in [-0.4, -0.2) is 19.1 Å².